The van der Waals surface area contributed by atoms with Crippen molar-refractivity contribution in [2.24, 2.45) is 0 Å². The fraction of sp³-hybridized carbons (Fsp3) is 0.429. The summed E-state index contributed by atoms with van der Waals surface area (Å²) in [6.07, 6.45) is 3.80. The second-order valence-corrected chi connectivity index (χ2v) is 9.45. The van der Waals surface area contributed by atoms with E-state index in [0.717, 1.165) is 41.5 Å². The monoisotopic (exact) mass is 376 g/mol. The van der Waals surface area contributed by atoms with Crippen molar-refractivity contribution >= 4 is 21.4 Å². The van der Waals surface area contributed by atoms with Gasteiger partial charge < -0.3 is 0 Å². The first kappa shape index (κ1) is 18.5. The fourth-order valence-electron chi connectivity index (χ4n) is 4.02. The molecule has 25 heavy (non-hydrogen) atoms. The number of unbranched alkanes of at least 4 members (excludes halogenated alkanes) is 2. The van der Waals surface area contributed by atoms with E-state index in [-0.39, 0.29) is 5.75 Å². The Bertz CT molecular complexity index is 797. The first-order chi connectivity index (χ1) is 12.1. The van der Waals surface area contributed by atoms with Crippen molar-refractivity contribution < 1.29 is 8.42 Å². The molecule has 0 radical (unpaired) electrons. The van der Waals surface area contributed by atoms with Crippen LogP contribution in [0.5, 0.6) is 0 Å². The summed E-state index contributed by atoms with van der Waals surface area (Å²) in [7, 11) is -3.33. The molecule has 2 aromatic carbocycles. The van der Waals surface area contributed by atoms with Crippen LogP contribution in [0, 0.1) is 0 Å². The van der Waals surface area contributed by atoms with Gasteiger partial charge in [-0.2, -0.15) is 0 Å². The van der Waals surface area contributed by atoms with Crippen molar-refractivity contribution in [1.82, 2.24) is 0 Å². The normalized spacial score (nSPS) is 15.0. The highest BCUT2D eigenvalue weighted by Gasteiger charge is 2.51. The molecule has 0 aliphatic heterocycles. The van der Waals surface area contributed by atoms with Crippen LogP contribution in [0.4, 0.5) is 0 Å². The quantitative estimate of drug-likeness (QED) is 0.448. The topological polar surface area (TPSA) is 34.1 Å². The Morgan fingerprint density at radius 3 is 1.96 bits per heavy atom. The number of benzene rings is 2. The zero-order chi connectivity index (χ0) is 17.9. The van der Waals surface area contributed by atoms with E-state index in [1.807, 2.05) is 55.5 Å². The third kappa shape index (κ3) is 3.02. The molecule has 0 spiro atoms. The van der Waals surface area contributed by atoms with Gasteiger partial charge in [-0.05, 0) is 41.5 Å². The first-order valence-corrected chi connectivity index (χ1v) is 11.2. The Kier molecular flexibility index (Phi) is 5.55. The summed E-state index contributed by atoms with van der Waals surface area (Å²) in [6, 6.07) is 16.0. The van der Waals surface area contributed by atoms with Crippen LogP contribution in [0.1, 0.15) is 50.2 Å². The van der Waals surface area contributed by atoms with E-state index < -0.39 is 14.6 Å². The standard InChI is InChI=1S/C21H25ClO2S/c1-2-3-16-25(23,24)21(14-8-9-15-22)19-12-6-4-10-17(19)18-11-5-7-13-20(18)21/h4-7,10-13H,2-3,8-9,14-16H2,1H3. The first-order valence-electron chi connectivity index (χ1n) is 9.06. The van der Waals surface area contributed by atoms with Gasteiger partial charge in [0.1, 0.15) is 4.75 Å². The average molecular weight is 377 g/mol. The molecule has 0 aromatic heterocycles. The molecule has 0 fully saturated rings. The maximum absolute atomic E-state index is 13.6. The predicted octanol–water partition coefficient (Wildman–Crippen LogP) is 5.53. The summed E-state index contributed by atoms with van der Waals surface area (Å²) in [5.74, 6) is 0.793. The number of sulfone groups is 1. The van der Waals surface area contributed by atoms with Crippen LogP contribution < -0.4 is 0 Å². The number of halogens is 1. The second-order valence-electron chi connectivity index (χ2n) is 6.74. The Balaban J connectivity index is 2.23. The van der Waals surface area contributed by atoms with Crippen LogP contribution in [0.2, 0.25) is 0 Å². The van der Waals surface area contributed by atoms with Crippen molar-refractivity contribution in [2.75, 3.05) is 11.6 Å². The van der Waals surface area contributed by atoms with Gasteiger partial charge in [0, 0.05) is 5.88 Å². The van der Waals surface area contributed by atoms with Gasteiger partial charge in [0.25, 0.3) is 0 Å². The third-order valence-electron chi connectivity index (χ3n) is 5.22. The summed E-state index contributed by atoms with van der Waals surface area (Å²) in [6.45, 7) is 2.03. The molecular formula is C21H25ClO2S. The Morgan fingerprint density at radius 1 is 0.880 bits per heavy atom. The maximum atomic E-state index is 13.6. The van der Waals surface area contributed by atoms with Gasteiger partial charge in [-0.3, -0.25) is 0 Å². The summed E-state index contributed by atoms with van der Waals surface area (Å²) < 4.78 is 26.3. The van der Waals surface area contributed by atoms with Crippen molar-refractivity contribution in [3.8, 4) is 11.1 Å². The van der Waals surface area contributed by atoms with Crippen molar-refractivity contribution in [1.29, 1.82) is 0 Å². The van der Waals surface area contributed by atoms with Gasteiger partial charge >= 0.3 is 0 Å². The van der Waals surface area contributed by atoms with Crippen LogP contribution in [-0.2, 0) is 14.6 Å². The van der Waals surface area contributed by atoms with Gasteiger partial charge in [0.05, 0.1) is 5.75 Å². The summed E-state index contributed by atoms with van der Waals surface area (Å²) in [5.41, 5.74) is 4.01. The van der Waals surface area contributed by atoms with Crippen LogP contribution >= 0.6 is 11.6 Å². The average Bonchev–Trinajstić information content (AvgIpc) is 2.92. The molecule has 2 aromatic rings. The highest BCUT2D eigenvalue weighted by atomic mass is 35.5. The van der Waals surface area contributed by atoms with Crippen molar-refractivity contribution in [2.45, 2.75) is 43.8 Å². The zero-order valence-corrected chi connectivity index (χ0v) is 16.2. The van der Waals surface area contributed by atoms with Gasteiger partial charge in [0.15, 0.2) is 9.84 Å². The smallest absolute Gasteiger partial charge is 0.164 e. The molecule has 0 unspecified atom stereocenters. The van der Waals surface area contributed by atoms with E-state index >= 15 is 0 Å². The number of alkyl halides is 1. The highest BCUT2D eigenvalue weighted by Crippen LogP contribution is 2.54. The molecule has 3 rings (SSSR count). The molecule has 0 atom stereocenters. The largest absolute Gasteiger partial charge is 0.228 e. The lowest BCUT2D eigenvalue weighted by atomic mass is 9.90. The van der Waals surface area contributed by atoms with Crippen LogP contribution in [0.25, 0.3) is 11.1 Å². The Labute approximate surface area is 156 Å². The molecule has 1 aliphatic rings. The molecule has 0 heterocycles. The van der Waals surface area contributed by atoms with E-state index in [4.69, 9.17) is 11.6 Å². The van der Waals surface area contributed by atoms with Crippen molar-refractivity contribution in [3.63, 3.8) is 0 Å². The fourth-order valence-corrected chi connectivity index (χ4v) is 6.71. The molecule has 0 N–H and O–H groups in total. The molecular weight excluding hydrogens is 352 g/mol. The number of hydrogen-bond acceptors (Lipinski definition) is 2. The van der Waals surface area contributed by atoms with E-state index in [2.05, 4.69) is 0 Å². The summed E-state index contributed by atoms with van der Waals surface area (Å²) in [5, 5.41) is 0. The Hall–Kier alpha value is -1.32. The Morgan fingerprint density at radius 2 is 1.44 bits per heavy atom. The van der Waals surface area contributed by atoms with E-state index in [1.54, 1.807) is 0 Å². The molecule has 2 nitrogen and oxygen atoms in total. The number of rotatable bonds is 8. The number of hydrogen-bond donors (Lipinski definition) is 0. The van der Waals surface area contributed by atoms with Crippen LogP contribution in [0.15, 0.2) is 48.5 Å². The van der Waals surface area contributed by atoms with Gasteiger partial charge in [-0.1, -0.05) is 68.3 Å². The molecule has 134 valence electrons. The van der Waals surface area contributed by atoms with Crippen LogP contribution in [-0.4, -0.2) is 20.1 Å². The van der Waals surface area contributed by atoms with E-state index in [9.17, 15) is 8.42 Å². The minimum absolute atomic E-state index is 0.229. The summed E-state index contributed by atoms with van der Waals surface area (Å²) >= 11 is 5.88. The van der Waals surface area contributed by atoms with Gasteiger partial charge in [-0.15, -0.1) is 11.6 Å². The van der Waals surface area contributed by atoms with E-state index in [0.29, 0.717) is 18.7 Å². The SMILES string of the molecule is CCCCS(=O)(=O)C1(CCCCCl)c2ccccc2-c2ccccc21. The maximum Gasteiger partial charge on any atom is 0.164 e. The lowest BCUT2D eigenvalue weighted by molar-refractivity contribution is 0.524. The number of fused-ring (bicyclic) bond motifs is 3. The lowest BCUT2D eigenvalue weighted by Crippen LogP contribution is -2.37. The summed E-state index contributed by atoms with van der Waals surface area (Å²) in [4.78, 5) is 0. The van der Waals surface area contributed by atoms with Crippen LogP contribution in [0.3, 0.4) is 0 Å². The van der Waals surface area contributed by atoms with E-state index in [1.165, 1.54) is 0 Å². The molecule has 0 saturated heterocycles. The van der Waals surface area contributed by atoms with Crippen molar-refractivity contribution in [3.05, 3.63) is 59.7 Å². The minimum atomic E-state index is -3.33. The predicted molar refractivity (Wildman–Crippen MR) is 106 cm³/mol. The molecule has 4 heteroatoms. The highest BCUT2D eigenvalue weighted by molar-refractivity contribution is 7.92. The van der Waals surface area contributed by atoms with Gasteiger partial charge in [-0.25, -0.2) is 8.42 Å². The minimum Gasteiger partial charge on any atom is -0.228 e. The molecule has 0 amide bonds. The molecule has 0 saturated carbocycles. The molecule has 1 aliphatic carbocycles. The zero-order valence-electron chi connectivity index (χ0n) is 14.7. The lowest BCUT2D eigenvalue weighted by Gasteiger charge is -2.32. The second kappa shape index (κ2) is 7.51. The molecule has 0 bridgehead atoms. The van der Waals surface area contributed by atoms with Gasteiger partial charge in [0.2, 0.25) is 0 Å². The third-order valence-corrected chi connectivity index (χ3v) is 8.02.